The van der Waals surface area contributed by atoms with Crippen LogP contribution in [0.1, 0.15) is 45.9 Å². The van der Waals surface area contributed by atoms with Crippen molar-refractivity contribution in [3.63, 3.8) is 0 Å². The molecule has 2 heterocycles. The molecule has 0 N–H and O–H groups in total. The van der Waals surface area contributed by atoms with Crippen molar-refractivity contribution in [2.24, 2.45) is 0 Å². The average Bonchev–Trinajstić information content (AvgIpc) is 3.41. The van der Waals surface area contributed by atoms with E-state index >= 15 is 0 Å². The molecule has 0 unspecified atom stereocenters. The first-order valence-corrected chi connectivity index (χ1v) is 15.5. The van der Waals surface area contributed by atoms with Crippen LogP contribution in [0, 0.1) is 0 Å². The van der Waals surface area contributed by atoms with E-state index in [0.29, 0.717) is 24.7 Å². The lowest BCUT2D eigenvalue weighted by Crippen LogP contribution is -2.46. The Kier molecular flexibility index (Phi) is 9.32. The number of anilines is 1. The van der Waals surface area contributed by atoms with E-state index in [0.717, 1.165) is 68.0 Å². The quantitative estimate of drug-likeness (QED) is 0.174. The molecule has 0 bridgehead atoms. The summed E-state index contributed by atoms with van der Waals surface area (Å²) in [4.78, 5) is 21.0. The van der Waals surface area contributed by atoms with Crippen molar-refractivity contribution in [2.75, 3.05) is 51.9 Å². The normalized spacial score (nSPS) is 15.6. The number of hydrogen-bond donors (Lipinski definition) is 0. The molecule has 4 aromatic rings. The van der Waals surface area contributed by atoms with Crippen molar-refractivity contribution in [1.29, 1.82) is 0 Å². The molecule has 1 amide bonds. The van der Waals surface area contributed by atoms with Gasteiger partial charge in [-0.25, -0.2) is 0 Å². The summed E-state index contributed by atoms with van der Waals surface area (Å²) < 4.78 is 17.2. The summed E-state index contributed by atoms with van der Waals surface area (Å²) >= 11 is 0. The van der Waals surface area contributed by atoms with Crippen LogP contribution in [0.4, 0.5) is 5.69 Å². The van der Waals surface area contributed by atoms with E-state index in [1.54, 1.807) is 14.2 Å². The molecule has 0 aliphatic carbocycles. The smallest absolute Gasteiger partial charge is 0.255 e. The molecule has 7 heteroatoms. The molecule has 7 nitrogen and oxygen atoms in total. The van der Waals surface area contributed by atoms with E-state index in [9.17, 15) is 4.79 Å². The van der Waals surface area contributed by atoms with Gasteiger partial charge in [0.05, 0.1) is 26.9 Å². The van der Waals surface area contributed by atoms with Crippen LogP contribution in [0.25, 0.3) is 0 Å². The fraction of sp³-hybridized carbons (Fsp3) is 0.324. The fourth-order valence-corrected chi connectivity index (χ4v) is 6.42. The topological polar surface area (TPSA) is 54.5 Å². The Hall–Kier alpha value is -4.49. The molecular formula is C37H41N3O4. The van der Waals surface area contributed by atoms with Gasteiger partial charge >= 0.3 is 0 Å². The van der Waals surface area contributed by atoms with Gasteiger partial charge in [0.2, 0.25) is 0 Å². The first-order chi connectivity index (χ1) is 21.6. The molecule has 0 spiro atoms. The highest BCUT2D eigenvalue weighted by atomic mass is 16.5. The predicted molar refractivity (Wildman–Crippen MR) is 174 cm³/mol. The minimum Gasteiger partial charge on any atom is -0.494 e. The first kappa shape index (κ1) is 29.6. The highest BCUT2D eigenvalue weighted by molar-refractivity contribution is 6.00. The van der Waals surface area contributed by atoms with Crippen LogP contribution in [0.2, 0.25) is 0 Å². The van der Waals surface area contributed by atoms with Gasteiger partial charge in [0.1, 0.15) is 5.75 Å². The summed E-state index contributed by atoms with van der Waals surface area (Å²) in [7, 11) is 3.28. The predicted octanol–water partition coefficient (Wildman–Crippen LogP) is 6.58. The van der Waals surface area contributed by atoms with Gasteiger partial charge in [-0.15, -0.1) is 0 Å². The zero-order valence-corrected chi connectivity index (χ0v) is 25.7. The molecule has 4 aromatic carbocycles. The largest absolute Gasteiger partial charge is 0.494 e. The second kappa shape index (κ2) is 13.9. The third kappa shape index (κ3) is 6.53. The molecule has 44 heavy (non-hydrogen) atoms. The maximum atomic E-state index is 14.0. The van der Waals surface area contributed by atoms with E-state index in [-0.39, 0.29) is 11.9 Å². The van der Waals surface area contributed by atoms with Crippen LogP contribution < -0.4 is 19.1 Å². The Morgan fingerprint density at radius 1 is 0.773 bits per heavy atom. The number of ether oxygens (including phenoxy) is 3. The van der Waals surface area contributed by atoms with Crippen molar-refractivity contribution in [2.45, 2.75) is 32.0 Å². The Bertz CT molecular complexity index is 1540. The number of nitrogens with zero attached hydrogens (tertiary/aromatic N) is 3. The molecule has 0 radical (unpaired) electrons. The van der Waals surface area contributed by atoms with Crippen molar-refractivity contribution in [3.05, 3.63) is 119 Å². The lowest BCUT2D eigenvalue weighted by molar-refractivity contribution is 0.0684. The average molecular weight is 592 g/mol. The third-order valence-electron chi connectivity index (χ3n) is 8.74. The van der Waals surface area contributed by atoms with E-state index < -0.39 is 0 Å². The van der Waals surface area contributed by atoms with E-state index in [1.165, 1.54) is 11.3 Å². The zero-order chi connectivity index (χ0) is 30.3. The molecule has 1 fully saturated rings. The molecule has 0 aromatic heterocycles. The van der Waals surface area contributed by atoms with E-state index in [1.807, 2.05) is 65.6 Å². The summed E-state index contributed by atoms with van der Waals surface area (Å²) in [6.07, 6.45) is 1.56. The summed E-state index contributed by atoms with van der Waals surface area (Å²) in [5.41, 5.74) is 5.48. The molecule has 6 rings (SSSR count). The van der Waals surface area contributed by atoms with Crippen molar-refractivity contribution in [1.82, 2.24) is 9.80 Å². The van der Waals surface area contributed by atoms with Gasteiger partial charge in [-0.05, 0) is 60.4 Å². The Morgan fingerprint density at radius 2 is 1.50 bits per heavy atom. The second-order valence-corrected chi connectivity index (χ2v) is 11.4. The van der Waals surface area contributed by atoms with Crippen LogP contribution in [0.15, 0.2) is 97.1 Å². The van der Waals surface area contributed by atoms with Gasteiger partial charge in [0.25, 0.3) is 5.91 Å². The molecule has 0 saturated carbocycles. The lowest BCUT2D eigenvalue weighted by Gasteiger charge is -2.37. The molecule has 1 atom stereocenters. The van der Waals surface area contributed by atoms with Crippen LogP contribution in [0.3, 0.4) is 0 Å². The van der Waals surface area contributed by atoms with Crippen LogP contribution >= 0.6 is 0 Å². The van der Waals surface area contributed by atoms with Gasteiger partial charge in [0, 0.05) is 56.1 Å². The van der Waals surface area contributed by atoms with Crippen molar-refractivity contribution in [3.8, 4) is 17.2 Å². The van der Waals surface area contributed by atoms with Gasteiger partial charge in [-0.3, -0.25) is 9.69 Å². The first-order valence-electron chi connectivity index (χ1n) is 15.5. The summed E-state index contributed by atoms with van der Waals surface area (Å²) in [6, 6.07) is 32.6. The molecular weight excluding hydrogens is 550 g/mol. The zero-order valence-electron chi connectivity index (χ0n) is 25.7. The maximum Gasteiger partial charge on any atom is 0.255 e. The van der Waals surface area contributed by atoms with Gasteiger partial charge < -0.3 is 24.0 Å². The minimum absolute atomic E-state index is 0.0772. The molecule has 2 aliphatic rings. The number of methoxy groups -OCH3 is 2. The summed E-state index contributed by atoms with van der Waals surface area (Å²) in [5.74, 6) is 2.27. The standard InChI is InChI=1S/C37H41N3O4/c1-42-35-19-18-29(25-36(35)43-2)33(17-10-24-44-30-13-7-4-8-14-30)40-27-32-31(37(40)41)15-9-16-34(32)39-22-20-38(21-23-39)26-28-11-5-3-6-12-28/h3-9,11-16,18-19,25,33H,10,17,20-24,26-27H2,1-2H3/t33-/m1/s1. The number of rotatable bonds is 12. The molecule has 1 saturated heterocycles. The second-order valence-electron chi connectivity index (χ2n) is 11.4. The van der Waals surface area contributed by atoms with E-state index in [4.69, 9.17) is 14.2 Å². The number of benzene rings is 4. The Labute approximate surface area is 260 Å². The number of amides is 1. The highest BCUT2D eigenvalue weighted by Crippen LogP contribution is 2.40. The fourth-order valence-electron chi connectivity index (χ4n) is 6.42. The SMILES string of the molecule is COc1ccc([C@@H](CCCOc2ccccc2)N2Cc3c(cccc3N3CCN(Cc4ccccc4)CC3)C2=O)cc1OC. The lowest BCUT2D eigenvalue weighted by atomic mass is 9.99. The summed E-state index contributed by atoms with van der Waals surface area (Å²) in [5, 5.41) is 0. The van der Waals surface area contributed by atoms with Gasteiger partial charge in [0.15, 0.2) is 11.5 Å². The summed E-state index contributed by atoms with van der Waals surface area (Å²) in [6.45, 7) is 5.97. The number of carbonyl (C=O) groups excluding carboxylic acids is 1. The highest BCUT2D eigenvalue weighted by Gasteiger charge is 2.36. The number of carbonyl (C=O) groups is 1. The van der Waals surface area contributed by atoms with Crippen LogP contribution in [0.5, 0.6) is 17.2 Å². The van der Waals surface area contributed by atoms with Crippen LogP contribution in [-0.4, -0.2) is 62.7 Å². The third-order valence-corrected chi connectivity index (χ3v) is 8.74. The Morgan fingerprint density at radius 3 is 2.23 bits per heavy atom. The number of hydrogen-bond acceptors (Lipinski definition) is 6. The Balaban J connectivity index is 1.19. The number of fused-ring (bicyclic) bond motifs is 1. The van der Waals surface area contributed by atoms with Crippen LogP contribution in [-0.2, 0) is 13.1 Å². The van der Waals surface area contributed by atoms with Gasteiger partial charge in [-0.1, -0.05) is 60.7 Å². The maximum absolute atomic E-state index is 14.0. The van der Waals surface area contributed by atoms with Gasteiger partial charge in [-0.2, -0.15) is 0 Å². The number of para-hydroxylation sites is 1. The molecule has 2 aliphatic heterocycles. The van der Waals surface area contributed by atoms with Crippen molar-refractivity contribution < 1.29 is 19.0 Å². The van der Waals surface area contributed by atoms with Crippen molar-refractivity contribution >= 4 is 11.6 Å². The minimum atomic E-state index is -0.135. The number of piperazine rings is 1. The monoisotopic (exact) mass is 591 g/mol. The van der Waals surface area contributed by atoms with E-state index in [2.05, 4.69) is 46.2 Å². The molecule has 228 valence electrons.